The van der Waals surface area contributed by atoms with Crippen LogP contribution in [-0.2, 0) is 0 Å². The number of benzene rings is 2. The van der Waals surface area contributed by atoms with Crippen molar-refractivity contribution in [2.24, 2.45) is 0 Å². The van der Waals surface area contributed by atoms with Crippen LogP contribution < -0.4 is 15.4 Å². The lowest BCUT2D eigenvalue weighted by atomic mass is 10.1. The van der Waals surface area contributed by atoms with Crippen molar-refractivity contribution in [1.82, 2.24) is 5.32 Å². The van der Waals surface area contributed by atoms with E-state index in [0.29, 0.717) is 28.5 Å². The second kappa shape index (κ2) is 8.71. The molecule has 3 rings (SSSR count). The Labute approximate surface area is 168 Å². The number of ether oxygens (including phenoxy) is 1. The number of nitrogens with one attached hydrogen (secondary N) is 2. The predicted octanol–water partition coefficient (Wildman–Crippen LogP) is 4.73. The maximum atomic E-state index is 12.9. The van der Waals surface area contributed by atoms with E-state index in [1.165, 1.54) is 11.3 Å². The average Bonchev–Trinajstić information content (AvgIpc) is 3.14. The Morgan fingerprint density at radius 2 is 1.79 bits per heavy atom. The fraction of sp³-hybridized carbons (Fsp3) is 0.182. The van der Waals surface area contributed by atoms with Gasteiger partial charge in [0.25, 0.3) is 11.8 Å². The lowest BCUT2D eigenvalue weighted by Gasteiger charge is -2.10. The molecule has 6 heteroatoms. The van der Waals surface area contributed by atoms with Crippen LogP contribution in [0.15, 0.2) is 54.6 Å². The van der Waals surface area contributed by atoms with Crippen molar-refractivity contribution < 1.29 is 14.3 Å². The zero-order chi connectivity index (χ0) is 20.1. The molecule has 2 aromatic carbocycles. The number of hydrogen-bond acceptors (Lipinski definition) is 4. The van der Waals surface area contributed by atoms with Crippen LogP contribution in [0.4, 0.5) is 5.69 Å². The van der Waals surface area contributed by atoms with Crippen molar-refractivity contribution in [3.8, 4) is 16.2 Å². The number of aryl methyl sites for hydroxylation is 1. The van der Waals surface area contributed by atoms with E-state index in [2.05, 4.69) is 10.6 Å². The molecule has 1 aromatic heterocycles. The first-order valence-corrected chi connectivity index (χ1v) is 9.81. The molecule has 3 aromatic rings. The van der Waals surface area contributed by atoms with Crippen LogP contribution in [-0.4, -0.2) is 25.5 Å². The van der Waals surface area contributed by atoms with Crippen LogP contribution in [0.5, 0.6) is 5.75 Å². The minimum atomic E-state index is -0.230. The summed E-state index contributed by atoms with van der Waals surface area (Å²) in [4.78, 5) is 26.2. The van der Waals surface area contributed by atoms with E-state index < -0.39 is 0 Å². The Hall–Kier alpha value is -3.12. The van der Waals surface area contributed by atoms with Crippen LogP contribution >= 0.6 is 11.3 Å². The summed E-state index contributed by atoms with van der Waals surface area (Å²) in [7, 11) is 1.59. The van der Waals surface area contributed by atoms with Crippen molar-refractivity contribution in [1.29, 1.82) is 0 Å². The highest BCUT2D eigenvalue weighted by molar-refractivity contribution is 7.17. The molecule has 0 aliphatic carbocycles. The maximum absolute atomic E-state index is 12.9. The first kappa shape index (κ1) is 19.6. The van der Waals surface area contributed by atoms with Gasteiger partial charge in [0.15, 0.2) is 0 Å². The molecule has 2 amide bonds. The molecule has 0 unspecified atom stereocenters. The summed E-state index contributed by atoms with van der Waals surface area (Å²) >= 11 is 1.40. The van der Waals surface area contributed by atoms with Gasteiger partial charge in [0, 0.05) is 23.2 Å². The van der Waals surface area contributed by atoms with E-state index in [1.807, 2.05) is 50.2 Å². The highest BCUT2D eigenvalue weighted by Gasteiger charge is 2.19. The highest BCUT2D eigenvalue weighted by atomic mass is 32.1. The first-order valence-electron chi connectivity index (χ1n) is 8.99. The second-order valence-electron chi connectivity index (χ2n) is 6.17. The van der Waals surface area contributed by atoms with Crippen LogP contribution in [0.1, 0.15) is 32.5 Å². The normalized spacial score (nSPS) is 10.4. The standard InChI is InChI=1S/C22H22N2O3S/c1-4-27-18-13-19(15-8-6-5-7-9-15)28-20(18)22(26)24-17-11-10-16(12-14(17)2)21(25)23-3/h5-13H,4H2,1-3H3,(H,23,25)(H,24,26). The Morgan fingerprint density at radius 1 is 1.04 bits per heavy atom. The zero-order valence-corrected chi connectivity index (χ0v) is 16.9. The summed E-state index contributed by atoms with van der Waals surface area (Å²) in [5.41, 5.74) is 3.07. The van der Waals surface area contributed by atoms with Gasteiger partial charge in [-0.25, -0.2) is 0 Å². The quantitative estimate of drug-likeness (QED) is 0.635. The summed E-state index contributed by atoms with van der Waals surface area (Å²) in [6, 6.07) is 17.0. The van der Waals surface area contributed by atoms with Gasteiger partial charge in [-0.05, 0) is 49.2 Å². The summed E-state index contributed by atoms with van der Waals surface area (Å²) in [5, 5.41) is 5.53. The summed E-state index contributed by atoms with van der Waals surface area (Å²) in [5.74, 6) is 0.181. The average molecular weight is 394 g/mol. The minimum absolute atomic E-state index is 0.162. The van der Waals surface area contributed by atoms with Gasteiger partial charge in [-0.1, -0.05) is 30.3 Å². The molecule has 1 heterocycles. The van der Waals surface area contributed by atoms with E-state index in [1.54, 1.807) is 25.2 Å². The van der Waals surface area contributed by atoms with Gasteiger partial charge in [-0.2, -0.15) is 0 Å². The summed E-state index contributed by atoms with van der Waals surface area (Å²) < 4.78 is 5.69. The third-order valence-corrected chi connectivity index (χ3v) is 5.39. The summed E-state index contributed by atoms with van der Waals surface area (Å²) in [6.45, 7) is 4.23. The molecule has 0 aliphatic heterocycles. The van der Waals surface area contributed by atoms with Gasteiger partial charge >= 0.3 is 0 Å². The third-order valence-electron chi connectivity index (χ3n) is 4.23. The molecule has 0 fully saturated rings. The molecule has 144 valence electrons. The van der Waals surface area contributed by atoms with Crippen LogP contribution in [0, 0.1) is 6.92 Å². The van der Waals surface area contributed by atoms with Crippen molar-refractivity contribution in [3.05, 3.63) is 70.6 Å². The Balaban J connectivity index is 1.88. The first-order chi connectivity index (χ1) is 13.5. The molecule has 0 radical (unpaired) electrons. The number of amides is 2. The summed E-state index contributed by atoms with van der Waals surface area (Å²) in [6.07, 6.45) is 0. The smallest absolute Gasteiger partial charge is 0.269 e. The van der Waals surface area contributed by atoms with Crippen molar-refractivity contribution in [3.63, 3.8) is 0 Å². The van der Waals surface area contributed by atoms with Gasteiger partial charge in [0.05, 0.1) is 6.61 Å². The van der Waals surface area contributed by atoms with E-state index in [9.17, 15) is 9.59 Å². The van der Waals surface area contributed by atoms with E-state index in [4.69, 9.17) is 4.74 Å². The molecule has 0 aliphatic rings. The van der Waals surface area contributed by atoms with Crippen molar-refractivity contribution in [2.75, 3.05) is 19.0 Å². The topological polar surface area (TPSA) is 67.4 Å². The van der Waals surface area contributed by atoms with Crippen LogP contribution in [0.2, 0.25) is 0 Å². The van der Waals surface area contributed by atoms with Gasteiger partial charge in [-0.3, -0.25) is 9.59 Å². The SMILES string of the molecule is CCOc1cc(-c2ccccc2)sc1C(=O)Nc1ccc(C(=O)NC)cc1C. The number of thiophene rings is 1. The Morgan fingerprint density at radius 3 is 2.43 bits per heavy atom. The fourth-order valence-corrected chi connectivity index (χ4v) is 3.81. The van der Waals surface area contributed by atoms with E-state index in [-0.39, 0.29) is 11.8 Å². The van der Waals surface area contributed by atoms with Crippen LogP contribution in [0.25, 0.3) is 10.4 Å². The van der Waals surface area contributed by atoms with Gasteiger partial charge in [-0.15, -0.1) is 11.3 Å². The molecule has 0 spiro atoms. The predicted molar refractivity (Wildman–Crippen MR) is 113 cm³/mol. The largest absolute Gasteiger partial charge is 0.492 e. The maximum Gasteiger partial charge on any atom is 0.269 e. The lowest BCUT2D eigenvalue weighted by molar-refractivity contribution is 0.0962. The monoisotopic (exact) mass is 394 g/mol. The molecular formula is C22H22N2O3S. The third kappa shape index (κ3) is 4.23. The zero-order valence-electron chi connectivity index (χ0n) is 16.0. The number of carbonyl (C=O) groups is 2. The number of rotatable bonds is 6. The van der Waals surface area contributed by atoms with Crippen molar-refractivity contribution >= 4 is 28.8 Å². The molecule has 0 saturated heterocycles. The molecule has 28 heavy (non-hydrogen) atoms. The van der Waals surface area contributed by atoms with Crippen LogP contribution in [0.3, 0.4) is 0 Å². The number of carbonyl (C=O) groups excluding carboxylic acids is 2. The number of hydrogen-bond donors (Lipinski definition) is 2. The van der Waals surface area contributed by atoms with Gasteiger partial charge in [0.1, 0.15) is 10.6 Å². The Kier molecular flexibility index (Phi) is 6.11. The number of anilines is 1. The second-order valence-corrected chi connectivity index (χ2v) is 7.22. The molecule has 5 nitrogen and oxygen atoms in total. The van der Waals surface area contributed by atoms with E-state index in [0.717, 1.165) is 16.0 Å². The Bertz CT molecular complexity index is 996. The minimum Gasteiger partial charge on any atom is -0.492 e. The molecule has 0 saturated carbocycles. The fourth-order valence-electron chi connectivity index (χ4n) is 2.81. The molecule has 0 bridgehead atoms. The molecule has 0 atom stereocenters. The van der Waals surface area contributed by atoms with Gasteiger partial charge in [0.2, 0.25) is 0 Å². The molecule has 2 N–H and O–H groups in total. The van der Waals surface area contributed by atoms with Crippen molar-refractivity contribution in [2.45, 2.75) is 13.8 Å². The lowest BCUT2D eigenvalue weighted by Crippen LogP contribution is -2.18. The van der Waals surface area contributed by atoms with Gasteiger partial charge < -0.3 is 15.4 Å². The molecular weight excluding hydrogens is 372 g/mol. The van der Waals surface area contributed by atoms with E-state index >= 15 is 0 Å². The highest BCUT2D eigenvalue weighted by Crippen LogP contribution is 2.37.